The van der Waals surface area contributed by atoms with E-state index in [2.05, 4.69) is 11.6 Å². The number of carboxylic acids is 1. The van der Waals surface area contributed by atoms with E-state index in [1.807, 2.05) is 0 Å². The molecule has 2 N–H and O–H groups in total. The number of carboxylic acid groups (broad SMARTS) is 1. The van der Waals surface area contributed by atoms with Crippen molar-refractivity contribution in [1.29, 1.82) is 0 Å². The van der Waals surface area contributed by atoms with Crippen LogP contribution in [0.1, 0.15) is 36.7 Å². The summed E-state index contributed by atoms with van der Waals surface area (Å²) in [6.45, 7) is 2.52. The normalized spacial score (nSPS) is 23.6. The first-order valence-corrected chi connectivity index (χ1v) is 7.69. The van der Waals surface area contributed by atoms with E-state index in [0.717, 1.165) is 31.4 Å². The lowest BCUT2D eigenvalue weighted by atomic mass is 10.1. The van der Waals surface area contributed by atoms with Gasteiger partial charge in [-0.2, -0.15) is 0 Å². The topological polar surface area (TPSA) is 96.6 Å². The summed E-state index contributed by atoms with van der Waals surface area (Å²) < 4.78 is 31.1. The SMILES string of the molecule is CC1CCC(CNS(=O)(=O)c2ccc(C(=O)O)o2)C1. The van der Waals surface area contributed by atoms with Crippen molar-refractivity contribution in [3.05, 3.63) is 17.9 Å². The zero-order chi connectivity index (χ0) is 14.0. The van der Waals surface area contributed by atoms with Gasteiger partial charge in [0, 0.05) is 6.54 Å². The summed E-state index contributed by atoms with van der Waals surface area (Å²) in [5.74, 6) is -0.684. The Labute approximate surface area is 111 Å². The summed E-state index contributed by atoms with van der Waals surface area (Å²) in [4.78, 5) is 10.6. The number of furan rings is 1. The van der Waals surface area contributed by atoms with E-state index < -0.39 is 16.0 Å². The van der Waals surface area contributed by atoms with Crippen molar-refractivity contribution in [1.82, 2.24) is 4.72 Å². The molecule has 0 amide bonds. The van der Waals surface area contributed by atoms with Crippen LogP contribution in [0.4, 0.5) is 0 Å². The molecule has 0 aromatic carbocycles. The monoisotopic (exact) mass is 287 g/mol. The predicted molar refractivity (Wildman–Crippen MR) is 67.4 cm³/mol. The molecule has 106 valence electrons. The van der Waals surface area contributed by atoms with Crippen molar-refractivity contribution in [3.8, 4) is 0 Å². The molecule has 1 heterocycles. The molecule has 0 bridgehead atoms. The van der Waals surface area contributed by atoms with Gasteiger partial charge in [-0.3, -0.25) is 0 Å². The second-order valence-electron chi connectivity index (χ2n) is 5.06. The summed E-state index contributed by atoms with van der Waals surface area (Å²) in [7, 11) is -3.76. The lowest BCUT2D eigenvalue weighted by Gasteiger charge is -2.10. The van der Waals surface area contributed by atoms with E-state index in [0.29, 0.717) is 18.4 Å². The standard InChI is InChI=1S/C12H17NO5S/c1-8-2-3-9(6-8)7-13-19(16,17)11-5-4-10(18-11)12(14)15/h4-5,8-9,13H,2-3,6-7H2,1H3,(H,14,15). The molecule has 0 saturated heterocycles. The lowest BCUT2D eigenvalue weighted by Crippen LogP contribution is -2.28. The van der Waals surface area contributed by atoms with Crippen LogP contribution in [0, 0.1) is 11.8 Å². The maximum atomic E-state index is 11.9. The molecule has 1 fully saturated rings. The third kappa shape index (κ3) is 3.36. The van der Waals surface area contributed by atoms with E-state index in [9.17, 15) is 13.2 Å². The molecule has 6 nitrogen and oxygen atoms in total. The maximum Gasteiger partial charge on any atom is 0.371 e. The lowest BCUT2D eigenvalue weighted by molar-refractivity contribution is 0.0656. The Bertz CT molecular complexity index is 562. The highest BCUT2D eigenvalue weighted by Crippen LogP contribution is 2.29. The Morgan fingerprint density at radius 3 is 2.74 bits per heavy atom. The van der Waals surface area contributed by atoms with Gasteiger partial charge in [-0.1, -0.05) is 13.3 Å². The number of aromatic carboxylic acids is 1. The number of sulfonamides is 1. The molecule has 1 aliphatic rings. The fraction of sp³-hybridized carbons (Fsp3) is 0.583. The third-order valence-electron chi connectivity index (χ3n) is 3.42. The first-order chi connectivity index (χ1) is 8.88. The van der Waals surface area contributed by atoms with Gasteiger partial charge in [-0.25, -0.2) is 17.9 Å². The van der Waals surface area contributed by atoms with Crippen LogP contribution in [0.15, 0.2) is 21.6 Å². The van der Waals surface area contributed by atoms with Gasteiger partial charge in [0.1, 0.15) is 0 Å². The van der Waals surface area contributed by atoms with Crippen LogP contribution in [0.25, 0.3) is 0 Å². The van der Waals surface area contributed by atoms with Gasteiger partial charge in [0.05, 0.1) is 0 Å². The number of nitrogens with one attached hydrogen (secondary N) is 1. The van der Waals surface area contributed by atoms with Gasteiger partial charge < -0.3 is 9.52 Å². The fourth-order valence-electron chi connectivity index (χ4n) is 2.39. The first kappa shape index (κ1) is 14.1. The Balaban J connectivity index is 1.99. The zero-order valence-electron chi connectivity index (χ0n) is 10.6. The van der Waals surface area contributed by atoms with Gasteiger partial charge in [-0.05, 0) is 36.8 Å². The number of carbonyl (C=O) groups is 1. The third-order valence-corrected chi connectivity index (χ3v) is 4.72. The highest BCUT2D eigenvalue weighted by atomic mass is 32.2. The summed E-state index contributed by atoms with van der Waals surface area (Å²) in [5, 5.41) is 8.34. The second kappa shape index (κ2) is 5.34. The zero-order valence-corrected chi connectivity index (χ0v) is 11.4. The molecule has 2 atom stereocenters. The minimum Gasteiger partial charge on any atom is -0.475 e. The van der Waals surface area contributed by atoms with Crippen LogP contribution in [0.3, 0.4) is 0 Å². The van der Waals surface area contributed by atoms with Crippen molar-refractivity contribution in [2.24, 2.45) is 11.8 Å². The number of rotatable bonds is 5. The molecular formula is C12H17NO5S. The van der Waals surface area contributed by atoms with E-state index in [1.54, 1.807) is 0 Å². The van der Waals surface area contributed by atoms with Crippen LogP contribution < -0.4 is 4.72 Å². The smallest absolute Gasteiger partial charge is 0.371 e. The maximum absolute atomic E-state index is 11.9. The van der Waals surface area contributed by atoms with Gasteiger partial charge in [0.25, 0.3) is 10.0 Å². The average Bonchev–Trinajstić information content (AvgIpc) is 2.95. The predicted octanol–water partition coefficient (Wildman–Crippen LogP) is 1.69. The Hall–Kier alpha value is -1.34. The molecule has 2 unspecified atom stereocenters. The first-order valence-electron chi connectivity index (χ1n) is 6.21. The summed E-state index contributed by atoms with van der Waals surface area (Å²) in [6.07, 6.45) is 3.15. The average molecular weight is 287 g/mol. The van der Waals surface area contributed by atoms with Crippen molar-refractivity contribution in [2.75, 3.05) is 6.54 Å². The molecule has 19 heavy (non-hydrogen) atoms. The highest BCUT2D eigenvalue weighted by molar-refractivity contribution is 7.89. The summed E-state index contributed by atoms with van der Waals surface area (Å²) in [6, 6.07) is 2.29. The van der Waals surface area contributed by atoms with E-state index in [1.165, 1.54) is 0 Å². The van der Waals surface area contributed by atoms with Crippen LogP contribution in [-0.2, 0) is 10.0 Å². The van der Waals surface area contributed by atoms with Crippen LogP contribution in [0.5, 0.6) is 0 Å². The number of hydrogen-bond donors (Lipinski definition) is 2. The van der Waals surface area contributed by atoms with Gasteiger partial charge in [0.2, 0.25) is 10.9 Å². The highest BCUT2D eigenvalue weighted by Gasteiger charge is 2.25. The molecule has 0 spiro atoms. The molecule has 7 heteroatoms. The van der Waals surface area contributed by atoms with Gasteiger partial charge in [-0.15, -0.1) is 0 Å². The van der Waals surface area contributed by atoms with Crippen LogP contribution >= 0.6 is 0 Å². The molecule has 1 aromatic heterocycles. The quantitative estimate of drug-likeness (QED) is 0.859. The largest absolute Gasteiger partial charge is 0.475 e. The molecule has 0 radical (unpaired) electrons. The molecule has 1 aromatic rings. The van der Waals surface area contributed by atoms with E-state index >= 15 is 0 Å². The van der Waals surface area contributed by atoms with Crippen molar-refractivity contribution in [3.63, 3.8) is 0 Å². The molecule has 0 aliphatic heterocycles. The molecule has 1 saturated carbocycles. The van der Waals surface area contributed by atoms with E-state index in [-0.39, 0.29) is 10.9 Å². The van der Waals surface area contributed by atoms with Crippen molar-refractivity contribution < 1.29 is 22.7 Å². The minimum absolute atomic E-state index is 0.346. The van der Waals surface area contributed by atoms with E-state index in [4.69, 9.17) is 9.52 Å². The Kier molecular flexibility index (Phi) is 3.96. The summed E-state index contributed by atoms with van der Waals surface area (Å²) in [5.41, 5.74) is 0. The molecular weight excluding hydrogens is 270 g/mol. The Morgan fingerprint density at radius 1 is 1.47 bits per heavy atom. The van der Waals surface area contributed by atoms with Crippen LogP contribution in [-0.4, -0.2) is 26.0 Å². The van der Waals surface area contributed by atoms with Gasteiger partial charge >= 0.3 is 5.97 Å². The minimum atomic E-state index is -3.76. The number of hydrogen-bond acceptors (Lipinski definition) is 4. The molecule has 2 rings (SSSR count). The fourth-order valence-corrected chi connectivity index (χ4v) is 3.43. The molecule has 1 aliphatic carbocycles. The van der Waals surface area contributed by atoms with Crippen molar-refractivity contribution >= 4 is 16.0 Å². The summed E-state index contributed by atoms with van der Waals surface area (Å²) >= 11 is 0. The van der Waals surface area contributed by atoms with Crippen molar-refractivity contribution in [2.45, 2.75) is 31.3 Å². The van der Waals surface area contributed by atoms with Gasteiger partial charge in [0.15, 0.2) is 0 Å². The van der Waals surface area contributed by atoms with Crippen LogP contribution in [0.2, 0.25) is 0 Å². The second-order valence-corrected chi connectivity index (χ2v) is 6.76. The Morgan fingerprint density at radius 2 is 2.21 bits per heavy atom.